The van der Waals surface area contributed by atoms with Crippen LogP contribution in [0.3, 0.4) is 0 Å². The summed E-state index contributed by atoms with van der Waals surface area (Å²) in [7, 11) is 0. The van der Waals surface area contributed by atoms with Crippen LogP contribution in [0.1, 0.15) is 58.8 Å². The second-order valence-electron chi connectivity index (χ2n) is 6.17. The van der Waals surface area contributed by atoms with Gasteiger partial charge >= 0.3 is 0 Å². The molecule has 2 unspecified atom stereocenters. The van der Waals surface area contributed by atoms with Gasteiger partial charge in [0.15, 0.2) is 0 Å². The van der Waals surface area contributed by atoms with Crippen LogP contribution in [0.25, 0.3) is 0 Å². The first-order chi connectivity index (χ1) is 6.59. The fourth-order valence-corrected chi connectivity index (χ4v) is 3.70. The minimum absolute atomic E-state index is 0.494. The van der Waals surface area contributed by atoms with Gasteiger partial charge < -0.3 is 5.73 Å². The van der Waals surface area contributed by atoms with E-state index in [1.807, 2.05) is 0 Å². The molecule has 0 aromatic carbocycles. The molecule has 0 radical (unpaired) electrons. The van der Waals surface area contributed by atoms with Crippen LogP contribution in [0, 0.1) is 17.3 Å². The van der Waals surface area contributed by atoms with Crippen LogP contribution in [-0.2, 0) is 0 Å². The summed E-state index contributed by atoms with van der Waals surface area (Å²) in [5.41, 5.74) is 6.67. The maximum Gasteiger partial charge on any atom is 0.00419 e. The van der Waals surface area contributed by atoms with Gasteiger partial charge in [0, 0.05) is 6.04 Å². The molecule has 0 aliphatic heterocycles. The standard InChI is InChI=1S/C13H25N/c1-13(2)8-7-11(14)9-12(13)10-5-3-4-6-10/h10-12H,3-9,14H2,1-2H3. The molecule has 0 saturated heterocycles. The molecule has 1 heteroatoms. The summed E-state index contributed by atoms with van der Waals surface area (Å²) in [6, 6.07) is 0.494. The van der Waals surface area contributed by atoms with E-state index in [2.05, 4.69) is 13.8 Å². The quantitative estimate of drug-likeness (QED) is 0.682. The molecule has 0 spiro atoms. The van der Waals surface area contributed by atoms with Gasteiger partial charge in [-0.05, 0) is 36.5 Å². The van der Waals surface area contributed by atoms with Crippen molar-refractivity contribution >= 4 is 0 Å². The first kappa shape index (κ1) is 10.5. The Morgan fingerprint density at radius 1 is 1.07 bits per heavy atom. The molecule has 2 saturated carbocycles. The second kappa shape index (κ2) is 3.84. The predicted octanol–water partition coefficient (Wildman–Crippen LogP) is 3.33. The third-order valence-corrected chi connectivity index (χ3v) is 4.69. The predicted molar refractivity (Wildman–Crippen MR) is 61.1 cm³/mol. The van der Waals surface area contributed by atoms with Crippen LogP contribution in [0.2, 0.25) is 0 Å². The first-order valence-electron chi connectivity index (χ1n) is 6.35. The molecule has 2 N–H and O–H groups in total. The summed E-state index contributed by atoms with van der Waals surface area (Å²) in [5.74, 6) is 1.91. The molecule has 2 fully saturated rings. The van der Waals surface area contributed by atoms with Crippen LogP contribution < -0.4 is 5.73 Å². The zero-order valence-corrected chi connectivity index (χ0v) is 9.76. The van der Waals surface area contributed by atoms with E-state index in [-0.39, 0.29) is 0 Å². The lowest BCUT2D eigenvalue weighted by atomic mass is 9.62. The van der Waals surface area contributed by atoms with Crippen molar-refractivity contribution in [1.82, 2.24) is 0 Å². The Labute approximate surface area is 88.4 Å². The van der Waals surface area contributed by atoms with Gasteiger partial charge in [-0.3, -0.25) is 0 Å². The summed E-state index contributed by atoms with van der Waals surface area (Å²) in [6.45, 7) is 4.92. The smallest absolute Gasteiger partial charge is 0.00419 e. The van der Waals surface area contributed by atoms with Crippen molar-refractivity contribution in [3.8, 4) is 0 Å². The van der Waals surface area contributed by atoms with Crippen molar-refractivity contribution in [3.05, 3.63) is 0 Å². The summed E-state index contributed by atoms with van der Waals surface area (Å²) in [5, 5.41) is 0. The number of hydrogen-bond donors (Lipinski definition) is 1. The van der Waals surface area contributed by atoms with Crippen molar-refractivity contribution in [2.75, 3.05) is 0 Å². The van der Waals surface area contributed by atoms with Crippen molar-refractivity contribution in [3.63, 3.8) is 0 Å². The molecule has 2 aliphatic rings. The SMILES string of the molecule is CC1(C)CCC(N)CC1C1CCCC1. The Hall–Kier alpha value is -0.0400. The Bertz CT molecular complexity index is 191. The molecule has 2 rings (SSSR count). The van der Waals surface area contributed by atoms with E-state index < -0.39 is 0 Å². The lowest BCUT2D eigenvalue weighted by Crippen LogP contribution is -2.41. The van der Waals surface area contributed by atoms with Gasteiger partial charge in [0.2, 0.25) is 0 Å². The highest BCUT2D eigenvalue weighted by Gasteiger charge is 2.40. The van der Waals surface area contributed by atoms with Crippen LogP contribution >= 0.6 is 0 Å². The van der Waals surface area contributed by atoms with Gasteiger partial charge in [-0.2, -0.15) is 0 Å². The van der Waals surface area contributed by atoms with Gasteiger partial charge in [0.05, 0.1) is 0 Å². The van der Waals surface area contributed by atoms with E-state index in [0.717, 1.165) is 11.8 Å². The van der Waals surface area contributed by atoms with Gasteiger partial charge in [0.25, 0.3) is 0 Å². The Morgan fingerprint density at radius 2 is 1.71 bits per heavy atom. The first-order valence-corrected chi connectivity index (χ1v) is 6.35. The molecule has 0 heterocycles. The molecule has 82 valence electrons. The number of hydrogen-bond acceptors (Lipinski definition) is 1. The number of rotatable bonds is 1. The summed E-state index contributed by atoms with van der Waals surface area (Å²) >= 11 is 0. The molecule has 14 heavy (non-hydrogen) atoms. The molecular formula is C13H25N. The minimum Gasteiger partial charge on any atom is -0.328 e. The zero-order chi connectivity index (χ0) is 10.2. The molecule has 2 atom stereocenters. The molecule has 2 aliphatic carbocycles. The number of nitrogens with two attached hydrogens (primary N) is 1. The minimum atomic E-state index is 0.494. The summed E-state index contributed by atoms with van der Waals surface area (Å²) < 4.78 is 0. The average Bonchev–Trinajstić information content (AvgIpc) is 2.62. The lowest BCUT2D eigenvalue weighted by Gasteiger charge is -2.44. The van der Waals surface area contributed by atoms with E-state index in [9.17, 15) is 0 Å². The molecular weight excluding hydrogens is 170 g/mol. The van der Waals surface area contributed by atoms with Gasteiger partial charge in [-0.25, -0.2) is 0 Å². The highest BCUT2D eigenvalue weighted by Crippen LogP contribution is 2.48. The molecule has 0 aromatic heterocycles. The van der Waals surface area contributed by atoms with Crippen LogP contribution in [0.4, 0.5) is 0 Å². The van der Waals surface area contributed by atoms with E-state index in [1.54, 1.807) is 0 Å². The lowest BCUT2D eigenvalue weighted by molar-refractivity contribution is 0.0727. The summed E-state index contributed by atoms with van der Waals surface area (Å²) in [4.78, 5) is 0. The third kappa shape index (κ3) is 1.98. The average molecular weight is 195 g/mol. The maximum atomic E-state index is 6.11. The topological polar surface area (TPSA) is 26.0 Å². The van der Waals surface area contributed by atoms with Gasteiger partial charge in [0.1, 0.15) is 0 Å². The highest BCUT2D eigenvalue weighted by molar-refractivity contribution is 4.92. The van der Waals surface area contributed by atoms with Crippen molar-refractivity contribution < 1.29 is 0 Å². The monoisotopic (exact) mass is 195 g/mol. The fraction of sp³-hybridized carbons (Fsp3) is 1.00. The van der Waals surface area contributed by atoms with E-state index in [1.165, 1.54) is 44.9 Å². The zero-order valence-electron chi connectivity index (χ0n) is 9.76. The Morgan fingerprint density at radius 3 is 2.36 bits per heavy atom. The van der Waals surface area contributed by atoms with Gasteiger partial charge in [-0.1, -0.05) is 39.5 Å². The van der Waals surface area contributed by atoms with E-state index in [0.29, 0.717) is 11.5 Å². The fourth-order valence-electron chi connectivity index (χ4n) is 3.70. The highest BCUT2D eigenvalue weighted by atomic mass is 14.7. The molecule has 0 bridgehead atoms. The van der Waals surface area contributed by atoms with E-state index in [4.69, 9.17) is 5.73 Å². The van der Waals surface area contributed by atoms with Crippen LogP contribution in [0.5, 0.6) is 0 Å². The van der Waals surface area contributed by atoms with Gasteiger partial charge in [-0.15, -0.1) is 0 Å². The third-order valence-electron chi connectivity index (χ3n) is 4.69. The molecule has 1 nitrogen and oxygen atoms in total. The van der Waals surface area contributed by atoms with Crippen molar-refractivity contribution in [2.24, 2.45) is 23.0 Å². The van der Waals surface area contributed by atoms with E-state index >= 15 is 0 Å². The summed E-state index contributed by atoms with van der Waals surface area (Å²) in [6.07, 6.45) is 9.75. The second-order valence-corrected chi connectivity index (χ2v) is 6.17. The largest absolute Gasteiger partial charge is 0.328 e. The maximum absolute atomic E-state index is 6.11. The van der Waals surface area contributed by atoms with Crippen LogP contribution in [-0.4, -0.2) is 6.04 Å². The molecule has 0 aromatic rings. The Kier molecular flexibility index (Phi) is 2.88. The molecule has 0 amide bonds. The van der Waals surface area contributed by atoms with Crippen LogP contribution in [0.15, 0.2) is 0 Å². The Balaban J connectivity index is 2.05. The van der Waals surface area contributed by atoms with Crippen molar-refractivity contribution in [1.29, 1.82) is 0 Å². The normalized spacial score (nSPS) is 38.8. The van der Waals surface area contributed by atoms with Crippen molar-refractivity contribution in [2.45, 2.75) is 64.8 Å².